The minimum absolute atomic E-state index is 0.185. The van der Waals surface area contributed by atoms with Gasteiger partial charge in [-0.15, -0.1) is 0 Å². The molecule has 3 heterocycles. The van der Waals surface area contributed by atoms with Crippen LogP contribution in [0.1, 0.15) is 106 Å². The fraction of sp³-hybridized carbons (Fsp3) is 0.526. The summed E-state index contributed by atoms with van der Waals surface area (Å²) in [5, 5.41) is 21.7. The quantitative estimate of drug-likeness (QED) is 0.264. The van der Waals surface area contributed by atoms with Crippen molar-refractivity contribution in [2.45, 2.75) is 106 Å². The first kappa shape index (κ1) is 34.0. The summed E-state index contributed by atoms with van der Waals surface area (Å²) in [5.74, 6) is -1.27. The summed E-state index contributed by atoms with van der Waals surface area (Å²) in [6.07, 6.45) is 0.684. The van der Waals surface area contributed by atoms with Gasteiger partial charge >= 0.3 is 5.97 Å². The molecule has 0 saturated carbocycles. The molecule has 2 aliphatic rings. The number of hydrogen-bond acceptors (Lipinski definition) is 6. The average Bonchev–Trinajstić information content (AvgIpc) is 2.96. The van der Waals surface area contributed by atoms with Gasteiger partial charge in [-0.1, -0.05) is 38.1 Å². The number of fused-ring (bicyclic) bond motifs is 1. The molecule has 2 atom stereocenters. The van der Waals surface area contributed by atoms with Crippen molar-refractivity contribution in [2.75, 3.05) is 24.5 Å². The van der Waals surface area contributed by atoms with Crippen molar-refractivity contribution in [1.29, 1.82) is 0 Å². The molecule has 5 rings (SSSR count). The highest BCUT2D eigenvalue weighted by molar-refractivity contribution is 5.88. The SMILES string of the molecule is Cc1cc(F)ccc1CN1CCc2cc(-c3c(C(C)O)nc(C)c([C@H](OC(C)(C)C)C(=O)O)c3N3CCC(C)(C)CC3)ccc2C1. The Hall–Kier alpha value is -3.33. The maximum absolute atomic E-state index is 13.7. The van der Waals surface area contributed by atoms with E-state index in [0.717, 1.165) is 79.9 Å². The summed E-state index contributed by atoms with van der Waals surface area (Å²) >= 11 is 0. The Kier molecular flexibility index (Phi) is 9.65. The predicted octanol–water partition coefficient (Wildman–Crippen LogP) is 7.68. The molecule has 0 amide bonds. The van der Waals surface area contributed by atoms with Crippen LogP contribution in [0.3, 0.4) is 0 Å². The molecule has 2 N–H and O–H groups in total. The molecular formula is C38H50FN3O4. The number of aliphatic hydroxyl groups is 1. The van der Waals surface area contributed by atoms with E-state index in [-0.39, 0.29) is 11.2 Å². The number of aromatic nitrogens is 1. The van der Waals surface area contributed by atoms with Crippen molar-refractivity contribution in [3.8, 4) is 11.1 Å². The standard InChI is InChI=1S/C38H50FN3O4/c1-23-19-30(39)12-11-28(23)21-41-16-13-26-20-27(9-10-29(26)22-41)32-33(25(3)43)40-24(2)31(35(36(44)45)46-37(4,5)6)34(32)42-17-14-38(7,8)15-18-42/h9-12,19-20,25,35,43H,13-18,21-22H2,1-8H3,(H,44,45)/t25?,35-/m0/s1. The fourth-order valence-corrected chi connectivity index (χ4v) is 6.85. The minimum atomic E-state index is -1.22. The van der Waals surface area contributed by atoms with Gasteiger partial charge in [-0.3, -0.25) is 9.88 Å². The lowest BCUT2D eigenvalue weighted by Gasteiger charge is -2.41. The van der Waals surface area contributed by atoms with Gasteiger partial charge in [0, 0.05) is 49.5 Å². The van der Waals surface area contributed by atoms with Crippen LogP contribution in [0, 0.1) is 25.1 Å². The van der Waals surface area contributed by atoms with Gasteiger partial charge in [0.1, 0.15) is 5.82 Å². The number of anilines is 1. The number of carbonyl (C=O) groups is 1. The third-order valence-electron chi connectivity index (χ3n) is 9.50. The zero-order valence-electron chi connectivity index (χ0n) is 28.7. The van der Waals surface area contributed by atoms with Crippen LogP contribution in [0.4, 0.5) is 10.1 Å². The predicted molar refractivity (Wildman–Crippen MR) is 180 cm³/mol. The molecule has 3 aromatic rings. The molecule has 0 bridgehead atoms. The molecule has 0 radical (unpaired) electrons. The highest BCUT2D eigenvalue weighted by Gasteiger charge is 2.37. The van der Waals surface area contributed by atoms with Gasteiger partial charge in [-0.05, 0) is 106 Å². The second kappa shape index (κ2) is 13.1. The maximum Gasteiger partial charge on any atom is 0.337 e. The highest BCUT2D eigenvalue weighted by atomic mass is 19.1. The summed E-state index contributed by atoms with van der Waals surface area (Å²) < 4.78 is 19.9. The molecule has 46 heavy (non-hydrogen) atoms. The van der Waals surface area contributed by atoms with Crippen molar-refractivity contribution >= 4 is 11.7 Å². The van der Waals surface area contributed by atoms with E-state index in [1.54, 1.807) is 13.0 Å². The summed E-state index contributed by atoms with van der Waals surface area (Å²) in [4.78, 5) is 22.5. The second-order valence-electron chi connectivity index (χ2n) is 15.0. The van der Waals surface area contributed by atoms with E-state index < -0.39 is 23.8 Å². The van der Waals surface area contributed by atoms with Gasteiger partial charge in [0.2, 0.25) is 0 Å². The number of aliphatic hydroxyl groups excluding tert-OH is 1. The monoisotopic (exact) mass is 631 g/mol. The lowest BCUT2D eigenvalue weighted by molar-refractivity contribution is -0.160. The van der Waals surface area contributed by atoms with Crippen LogP contribution in [0.5, 0.6) is 0 Å². The van der Waals surface area contributed by atoms with Crippen molar-refractivity contribution in [1.82, 2.24) is 9.88 Å². The van der Waals surface area contributed by atoms with Crippen molar-refractivity contribution in [3.05, 3.63) is 81.4 Å². The fourth-order valence-electron chi connectivity index (χ4n) is 6.85. The number of halogens is 1. The number of carboxylic acid groups (broad SMARTS) is 1. The second-order valence-corrected chi connectivity index (χ2v) is 15.0. The summed E-state index contributed by atoms with van der Waals surface area (Å²) in [6, 6.07) is 11.4. The van der Waals surface area contributed by atoms with Gasteiger partial charge in [0.15, 0.2) is 6.10 Å². The number of benzene rings is 2. The van der Waals surface area contributed by atoms with Crippen LogP contribution in [-0.4, -0.2) is 51.3 Å². The molecule has 2 aliphatic heterocycles. The summed E-state index contributed by atoms with van der Waals surface area (Å²) in [5.41, 5.74) is 8.19. The minimum Gasteiger partial charge on any atom is -0.479 e. The molecular weight excluding hydrogens is 581 g/mol. The van der Waals surface area contributed by atoms with E-state index in [0.29, 0.717) is 17.0 Å². The van der Waals surface area contributed by atoms with Gasteiger partial charge in [-0.25, -0.2) is 9.18 Å². The van der Waals surface area contributed by atoms with E-state index in [9.17, 15) is 19.4 Å². The smallest absolute Gasteiger partial charge is 0.337 e. The van der Waals surface area contributed by atoms with Crippen LogP contribution >= 0.6 is 0 Å². The van der Waals surface area contributed by atoms with Crippen LogP contribution in [0.2, 0.25) is 0 Å². The Labute approximate surface area is 273 Å². The van der Waals surface area contributed by atoms with Crippen LogP contribution in [0.15, 0.2) is 36.4 Å². The van der Waals surface area contributed by atoms with Crippen molar-refractivity contribution < 1.29 is 24.1 Å². The number of aliphatic carboxylic acids is 1. The Balaban J connectivity index is 1.62. The number of aryl methyl sites for hydroxylation is 2. The highest BCUT2D eigenvalue weighted by Crippen LogP contribution is 2.46. The first-order valence-electron chi connectivity index (χ1n) is 16.5. The maximum atomic E-state index is 13.7. The molecule has 248 valence electrons. The third kappa shape index (κ3) is 7.45. The Morgan fingerprint density at radius 3 is 2.37 bits per heavy atom. The van der Waals surface area contributed by atoms with Crippen molar-refractivity contribution in [3.63, 3.8) is 0 Å². The van der Waals surface area contributed by atoms with E-state index in [1.807, 2.05) is 40.7 Å². The van der Waals surface area contributed by atoms with Crippen LogP contribution < -0.4 is 4.90 Å². The van der Waals surface area contributed by atoms with Crippen molar-refractivity contribution in [2.24, 2.45) is 5.41 Å². The topological polar surface area (TPSA) is 86.1 Å². The van der Waals surface area contributed by atoms with Gasteiger partial charge in [-0.2, -0.15) is 0 Å². The lowest BCUT2D eigenvalue weighted by Crippen LogP contribution is -2.39. The van der Waals surface area contributed by atoms with E-state index >= 15 is 0 Å². The Morgan fingerprint density at radius 2 is 1.76 bits per heavy atom. The number of piperidine rings is 1. The molecule has 1 unspecified atom stereocenters. The molecule has 7 nitrogen and oxygen atoms in total. The third-order valence-corrected chi connectivity index (χ3v) is 9.50. The molecule has 1 saturated heterocycles. The molecule has 0 spiro atoms. The Morgan fingerprint density at radius 1 is 1.07 bits per heavy atom. The molecule has 0 aliphatic carbocycles. The lowest BCUT2D eigenvalue weighted by atomic mass is 9.81. The normalized spacial score (nSPS) is 18.3. The van der Waals surface area contributed by atoms with E-state index in [4.69, 9.17) is 9.72 Å². The summed E-state index contributed by atoms with van der Waals surface area (Å²) in [6.45, 7) is 19.6. The van der Waals surface area contributed by atoms with E-state index in [1.165, 1.54) is 17.2 Å². The number of hydrogen-bond donors (Lipinski definition) is 2. The zero-order chi connectivity index (χ0) is 33.6. The summed E-state index contributed by atoms with van der Waals surface area (Å²) in [7, 11) is 0. The van der Waals surface area contributed by atoms with E-state index in [2.05, 4.69) is 41.8 Å². The van der Waals surface area contributed by atoms with Gasteiger partial charge in [0.05, 0.1) is 23.1 Å². The molecule has 1 aromatic heterocycles. The molecule has 2 aromatic carbocycles. The first-order valence-corrected chi connectivity index (χ1v) is 16.5. The first-order chi connectivity index (χ1) is 21.5. The molecule has 8 heteroatoms. The molecule has 1 fully saturated rings. The zero-order valence-corrected chi connectivity index (χ0v) is 28.7. The van der Waals surface area contributed by atoms with Crippen LogP contribution in [-0.2, 0) is 29.0 Å². The number of rotatable bonds is 8. The van der Waals surface area contributed by atoms with Gasteiger partial charge < -0.3 is 19.8 Å². The number of nitrogens with zero attached hydrogens (tertiary/aromatic N) is 3. The average molecular weight is 632 g/mol. The number of carboxylic acids is 1. The van der Waals surface area contributed by atoms with Gasteiger partial charge in [0.25, 0.3) is 0 Å². The number of pyridine rings is 1. The largest absolute Gasteiger partial charge is 0.479 e. The number of ether oxygens (including phenoxy) is 1. The Bertz CT molecular complexity index is 1600. The van der Waals surface area contributed by atoms with Crippen LogP contribution in [0.25, 0.3) is 11.1 Å².